The van der Waals surface area contributed by atoms with Gasteiger partial charge in [-0.05, 0) is 113 Å². The second-order valence-corrected chi connectivity index (χ2v) is 29.6. The number of nitrogens with zero attached hydrogens (tertiary/aromatic N) is 14. The Hall–Kier alpha value is -12.2. The van der Waals surface area contributed by atoms with Crippen molar-refractivity contribution in [1.29, 1.82) is 0 Å². The first kappa shape index (κ1) is 68.2. The number of amides is 4. The lowest BCUT2D eigenvalue weighted by molar-refractivity contribution is -0.134. The number of thiazole rings is 2. The van der Waals surface area contributed by atoms with E-state index in [1.54, 1.807) is 65.2 Å². The first-order valence-electron chi connectivity index (χ1n) is 35.7. The molecule has 4 amide bonds. The van der Waals surface area contributed by atoms with Crippen molar-refractivity contribution < 1.29 is 14.4 Å². The van der Waals surface area contributed by atoms with Gasteiger partial charge in [0.15, 0.2) is 0 Å². The van der Waals surface area contributed by atoms with Crippen molar-refractivity contribution in [1.82, 2.24) is 82.7 Å². The molecule has 534 valence electrons. The Kier molecular flexibility index (Phi) is 18.5. The number of nitrogens with one attached hydrogen (secondary N) is 4. The first-order valence-corrected chi connectivity index (χ1v) is 37.4. The minimum Gasteiger partial charge on any atom is -0.382 e. The third-order valence-corrected chi connectivity index (χ3v) is 22.6. The van der Waals surface area contributed by atoms with E-state index in [9.17, 15) is 14.4 Å². The molecule has 2 saturated carbocycles. The number of aromatic nitrogens is 14. The van der Waals surface area contributed by atoms with Crippen LogP contribution in [0.2, 0.25) is 0 Å². The minimum atomic E-state index is -0.00483. The van der Waals surface area contributed by atoms with Gasteiger partial charge in [0, 0.05) is 170 Å². The highest BCUT2D eigenvalue weighted by Crippen LogP contribution is 2.44. The zero-order chi connectivity index (χ0) is 72.9. The fraction of sp³-hybridized carbons (Fsp3) is 0.263. The fourth-order valence-corrected chi connectivity index (χ4v) is 17.0. The summed E-state index contributed by atoms with van der Waals surface area (Å²) in [6.45, 7) is 1.41. The number of hydrogen-bond acceptors (Lipinski definition) is 16. The maximum Gasteiger partial charge on any atom is 0.319 e. The Morgan fingerprint density at radius 3 is 1.35 bits per heavy atom. The molecule has 106 heavy (non-hydrogen) atoms. The molecule has 4 aromatic carbocycles. The molecule has 24 nitrogen and oxygen atoms in total. The van der Waals surface area contributed by atoms with E-state index >= 15 is 0 Å². The summed E-state index contributed by atoms with van der Waals surface area (Å²) in [6, 6.07) is 34.3. The quantitative estimate of drug-likeness (QED) is 0.0592. The van der Waals surface area contributed by atoms with Gasteiger partial charge < -0.3 is 52.2 Å². The Morgan fingerprint density at radius 2 is 0.925 bits per heavy atom. The molecule has 11 aromatic heterocycles. The van der Waals surface area contributed by atoms with Crippen molar-refractivity contribution in [3.63, 3.8) is 0 Å². The van der Waals surface area contributed by atoms with E-state index in [2.05, 4.69) is 113 Å². The van der Waals surface area contributed by atoms with Gasteiger partial charge in [0.2, 0.25) is 11.8 Å². The van der Waals surface area contributed by atoms with E-state index in [1.165, 1.54) is 0 Å². The smallest absolute Gasteiger partial charge is 0.319 e. The molecule has 1 aliphatic heterocycles. The summed E-state index contributed by atoms with van der Waals surface area (Å²) in [7, 11) is 7.25. The van der Waals surface area contributed by atoms with Gasteiger partial charge in [0.05, 0.1) is 33.6 Å². The summed E-state index contributed by atoms with van der Waals surface area (Å²) in [5.41, 5.74) is 33.3. The Labute approximate surface area is 618 Å². The number of likely N-dealkylation sites (tertiary alicyclic amines) is 1. The van der Waals surface area contributed by atoms with E-state index in [0.29, 0.717) is 30.5 Å². The van der Waals surface area contributed by atoms with Gasteiger partial charge in [-0.25, -0.2) is 44.7 Å². The molecule has 3 aliphatic rings. The van der Waals surface area contributed by atoms with Crippen LogP contribution in [0.3, 0.4) is 0 Å². The van der Waals surface area contributed by atoms with Gasteiger partial charge in [0.1, 0.15) is 78.6 Å². The van der Waals surface area contributed by atoms with Crippen LogP contribution in [0.4, 0.5) is 27.9 Å². The van der Waals surface area contributed by atoms with E-state index in [0.717, 1.165) is 197 Å². The lowest BCUT2D eigenvalue weighted by Crippen LogP contribution is -2.43. The number of aromatic amines is 3. The standard InChI is InChI=1S/C29H26N6O.C26H27N7OS.C25H26N8OS/c1-2-18-7-6-8-21-17-23(33-24(18)21)25-26-27(30)31-15-16-35(26)28(34-25)19-11-13-20(14-12-19)29(36)32-22-9-4-3-5-10-22;1-32(2)26(34)16-8-6-15(7-9-16)24-31-21(22-23(27)28-10-12-33(22)24)19-14-17-4-3-5-18(20(17)30-19)25-29-11-13-35-25;1-31(2)25(34)32-10-6-15(7-11-32)23-30-20(21-22(26)27-8-12-33(21)23)18-14-16-4-3-5-17(19(16)29-18)24-28-9-13-35-24/h1,3-10,15-17,19-20,33H,11-14H2,(H2,30,31)(H,32,36);3-5,10-16,30H,6-9H2,1-2H3,(H2,27,28);3-5,8-9,12-15,29H,6-7,10-11H2,1-2H3,(H2,26,27). The van der Waals surface area contributed by atoms with Crippen LogP contribution < -0.4 is 22.5 Å². The molecule has 15 aromatic rings. The molecule has 26 heteroatoms. The predicted molar refractivity (Wildman–Crippen MR) is 420 cm³/mol. The van der Waals surface area contributed by atoms with Crippen LogP contribution in [-0.2, 0) is 9.59 Å². The molecule has 0 bridgehead atoms. The predicted octanol–water partition coefficient (Wildman–Crippen LogP) is 14.7. The molecular formula is C80H79N21O3S2. The lowest BCUT2D eigenvalue weighted by atomic mass is 9.81. The van der Waals surface area contributed by atoms with Crippen molar-refractivity contribution in [3.8, 4) is 67.6 Å². The second-order valence-electron chi connectivity index (χ2n) is 27.8. The summed E-state index contributed by atoms with van der Waals surface area (Å²) in [5, 5.41) is 12.2. The average molecular weight is 1450 g/mol. The number of carbonyl (C=O) groups excluding carboxylic acids is 3. The van der Waals surface area contributed by atoms with Crippen LogP contribution in [-0.4, -0.2) is 142 Å². The molecule has 0 unspecified atom stereocenters. The number of terminal acetylenes is 1. The number of rotatable bonds is 11. The number of fused-ring (bicyclic) bond motifs is 6. The minimum absolute atomic E-state index is 0.00483. The highest BCUT2D eigenvalue weighted by Gasteiger charge is 2.35. The number of nitrogens with two attached hydrogens (primary N) is 3. The molecule has 12 heterocycles. The fourth-order valence-electron chi connectivity index (χ4n) is 15.7. The maximum absolute atomic E-state index is 12.8. The second kappa shape index (κ2) is 28.8. The number of piperidine rings is 1. The Bertz CT molecular complexity index is 5560. The van der Waals surface area contributed by atoms with E-state index in [-0.39, 0.29) is 47.4 Å². The van der Waals surface area contributed by atoms with Crippen molar-refractivity contribution in [2.24, 2.45) is 11.8 Å². The van der Waals surface area contributed by atoms with Crippen molar-refractivity contribution >= 4 is 113 Å². The van der Waals surface area contributed by atoms with Crippen molar-refractivity contribution in [2.45, 2.75) is 82.0 Å². The summed E-state index contributed by atoms with van der Waals surface area (Å²) in [4.78, 5) is 90.9. The lowest BCUT2D eigenvalue weighted by Gasteiger charge is -2.33. The Balaban J connectivity index is 0.000000122. The number of hydrogen-bond donors (Lipinski definition) is 7. The van der Waals surface area contributed by atoms with E-state index in [1.807, 2.05) is 115 Å². The molecule has 18 rings (SSSR count). The molecule has 1 saturated heterocycles. The van der Waals surface area contributed by atoms with Gasteiger partial charge in [-0.2, -0.15) is 0 Å². The maximum atomic E-state index is 12.8. The zero-order valence-corrected chi connectivity index (χ0v) is 60.7. The summed E-state index contributed by atoms with van der Waals surface area (Å²) in [5.74, 6) is 8.07. The number of carbonyl (C=O) groups is 3. The SMILES string of the molecule is C#Cc1cccc2cc(-c3nc(C4CCC(C(=O)Nc5ccccc5)CC4)n4ccnc(N)c34)[nH]c12.CN(C)C(=O)C1CCC(c2nc(-c3cc4cccc(-c5nccs5)c4[nH]3)c3c(N)nccn23)CC1.CN(C)C(=O)N1CCC(c2nc(-c3cc4cccc(-c5nccs5)c4[nH]3)c3c(N)nccn23)CC1. The average Bonchev–Trinajstić information content (AvgIpc) is 1.61. The molecule has 10 N–H and O–H groups in total. The third-order valence-electron chi connectivity index (χ3n) is 20.9. The number of H-pyrrole nitrogens is 3. The normalized spacial score (nSPS) is 17.0. The van der Waals surface area contributed by atoms with E-state index in [4.69, 9.17) is 38.6 Å². The monoisotopic (exact) mass is 1450 g/mol. The largest absolute Gasteiger partial charge is 0.382 e. The van der Waals surface area contributed by atoms with Gasteiger partial charge in [-0.3, -0.25) is 22.8 Å². The van der Waals surface area contributed by atoms with Crippen LogP contribution in [0.25, 0.3) is 105 Å². The van der Waals surface area contributed by atoms with Crippen LogP contribution in [0.15, 0.2) is 163 Å². The molecule has 3 fully saturated rings. The molecule has 0 atom stereocenters. The summed E-state index contributed by atoms with van der Waals surface area (Å²) in [6.07, 6.45) is 29.0. The summed E-state index contributed by atoms with van der Waals surface area (Å²) < 4.78 is 6.21. The molecule has 0 radical (unpaired) electrons. The highest BCUT2D eigenvalue weighted by molar-refractivity contribution is 7.13. The number of urea groups is 1. The van der Waals surface area contributed by atoms with Gasteiger partial charge >= 0.3 is 6.03 Å². The van der Waals surface area contributed by atoms with Crippen LogP contribution in [0.5, 0.6) is 0 Å². The van der Waals surface area contributed by atoms with Gasteiger partial charge in [-0.1, -0.05) is 60.5 Å². The van der Waals surface area contributed by atoms with Crippen molar-refractivity contribution in [3.05, 3.63) is 186 Å². The molecule has 2 aliphatic carbocycles. The van der Waals surface area contributed by atoms with Gasteiger partial charge in [0.25, 0.3) is 0 Å². The topological polar surface area (TPSA) is 315 Å². The number of anilines is 4. The third kappa shape index (κ3) is 12.9. The van der Waals surface area contributed by atoms with E-state index < -0.39 is 0 Å². The highest BCUT2D eigenvalue weighted by atomic mass is 32.1. The zero-order valence-electron chi connectivity index (χ0n) is 59.1. The number of imidazole rings is 3. The van der Waals surface area contributed by atoms with Crippen LogP contribution in [0.1, 0.15) is 105 Å². The van der Waals surface area contributed by atoms with Crippen LogP contribution in [0, 0.1) is 24.2 Å². The Morgan fingerprint density at radius 1 is 0.500 bits per heavy atom. The van der Waals surface area contributed by atoms with Gasteiger partial charge in [-0.15, -0.1) is 29.1 Å². The summed E-state index contributed by atoms with van der Waals surface area (Å²) >= 11 is 3.24. The molecule has 0 spiro atoms. The van der Waals surface area contributed by atoms with Crippen molar-refractivity contribution in [2.75, 3.05) is 63.8 Å². The van der Waals surface area contributed by atoms with Crippen LogP contribution >= 0.6 is 22.7 Å². The molecular weight excluding hydrogens is 1370 g/mol. The number of benzene rings is 4. The first-order chi connectivity index (χ1) is 51.6. The number of nitrogen functional groups attached to an aromatic ring is 3. The number of para-hydroxylation sites is 4.